The van der Waals surface area contributed by atoms with Gasteiger partial charge in [-0.1, -0.05) is 0 Å². The highest BCUT2D eigenvalue weighted by Gasteiger charge is 2.44. The van der Waals surface area contributed by atoms with Gasteiger partial charge in [0, 0.05) is 11.1 Å². The predicted molar refractivity (Wildman–Crippen MR) is 36.7 cm³/mol. The van der Waals surface area contributed by atoms with Crippen LogP contribution in [0.1, 0.15) is 0 Å². The zero-order valence-corrected chi connectivity index (χ0v) is 7.26. The number of hydrogen-bond acceptors (Lipinski definition) is 5. The van der Waals surface area contributed by atoms with Crippen molar-refractivity contribution in [2.45, 2.75) is 5.24 Å². The highest BCUT2D eigenvalue weighted by atomic mass is 32.2. The predicted octanol–water partition coefficient (Wildman–Crippen LogP) is -0.146. The fraction of sp³-hybridized carbons (Fsp3) is 0.600. The summed E-state index contributed by atoms with van der Waals surface area (Å²) in [5.41, 5.74) is 0. The molecule has 2 unspecified atom stereocenters. The van der Waals surface area contributed by atoms with Gasteiger partial charge in [-0.25, -0.2) is 4.90 Å². The van der Waals surface area contributed by atoms with Gasteiger partial charge in [0.05, 0.1) is 0 Å². The average Bonchev–Trinajstić information content (AvgIpc) is 2.32. The molecule has 2 atom stereocenters. The molecule has 0 bridgehead atoms. The Morgan fingerprint density at radius 1 is 1.75 bits per heavy atom. The topological polar surface area (TPSA) is 61.8 Å². The van der Waals surface area contributed by atoms with Crippen molar-refractivity contribution < 1.29 is 22.6 Å². The van der Waals surface area contributed by atoms with E-state index in [2.05, 4.69) is 9.47 Å². The first kappa shape index (κ1) is 9.43. The number of ether oxygens (including phenoxy) is 2. The van der Waals surface area contributed by atoms with Crippen molar-refractivity contribution >= 4 is 11.1 Å². The van der Waals surface area contributed by atoms with Crippen LogP contribution < -0.4 is 0 Å². The summed E-state index contributed by atoms with van der Waals surface area (Å²) in [6.45, 7) is 0. The molecule has 0 aromatic carbocycles. The molecule has 0 amide bonds. The second kappa shape index (κ2) is 3.00. The van der Waals surface area contributed by atoms with Crippen molar-refractivity contribution in [3.8, 4) is 0 Å². The number of rotatable bonds is 2. The fourth-order valence-electron chi connectivity index (χ4n) is 0.711. The molecular formula is C5H7FNO4S-. The second-order valence-electron chi connectivity index (χ2n) is 2.29. The molecule has 0 saturated heterocycles. The van der Waals surface area contributed by atoms with Gasteiger partial charge in [0.1, 0.15) is 0 Å². The highest BCUT2D eigenvalue weighted by molar-refractivity contribution is 7.80. The lowest BCUT2D eigenvalue weighted by Gasteiger charge is -2.33. The van der Waals surface area contributed by atoms with Crippen LogP contribution in [0.2, 0.25) is 0 Å². The molecule has 70 valence electrons. The minimum absolute atomic E-state index is 0.607. The maximum absolute atomic E-state index is 12.4. The molecule has 1 heterocycles. The monoisotopic (exact) mass is 196 g/mol. The number of hydrogen-bond donors (Lipinski definition) is 0. The van der Waals surface area contributed by atoms with Crippen LogP contribution in [0.3, 0.4) is 0 Å². The standard InChI is InChI=1S/C5H8FNO4S/c1-7(2)5(12(8)9)10-3-4(6)11-5/h3H,1-2H3,(H,8,9)/p-1. The molecule has 0 aliphatic carbocycles. The summed E-state index contributed by atoms with van der Waals surface area (Å²) < 4.78 is 42.5. The van der Waals surface area contributed by atoms with Gasteiger partial charge in [-0.15, -0.1) is 0 Å². The van der Waals surface area contributed by atoms with E-state index in [4.69, 9.17) is 0 Å². The highest BCUT2D eigenvalue weighted by Crippen LogP contribution is 2.30. The molecule has 0 N–H and O–H groups in total. The largest absolute Gasteiger partial charge is 0.765 e. The van der Waals surface area contributed by atoms with Crippen LogP contribution >= 0.6 is 0 Å². The molecule has 0 saturated carbocycles. The van der Waals surface area contributed by atoms with Crippen LogP contribution in [0.25, 0.3) is 0 Å². The first-order valence-corrected chi connectivity index (χ1v) is 4.06. The molecule has 0 radical (unpaired) electrons. The van der Waals surface area contributed by atoms with E-state index in [-0.39, 0.29) is 0 Å². The smallest absolute Gasteiger partial charge is 0.387 e. The van der Waals surface area contributed by atoms with Gasteiger partial charge in [0.25, 0.3) is 0 Å². The minimum atomic E-state index is -2.71. The van der Waals surface area contributed by atoms with Crippen LogP contribution in [-0.2, 0) is 20.6 Å². The molecule has 12 heavy (non-hydrogen) atoms. The number of halogens is 1. The third-order valence-electron chi connectivity index (χ3n) is 1.29. The Kier molecular flexibility index (Phi) is 2.36. The summed E-state index contributed by atoms with van der Waals surface area (Å²) in [6, 6.07) is -1.06. The van der Waals surface area contributed by atoms with Crippen molar-refractivity contribution in [1.29, 1.82) is 0 Å². The maximum Gasteiger partial charge on any atom is 0.387 e. The first-order valence-electron chi connectivity index (χ1n) is 2.98. The van der Waals surface area contributed by atoms with Gasteiger partial charge in [-0.05, 0) is 14.1 Å². The van der Waals surface area contributed by atoms with E-state index in [9.17, 15) is 13.2 Å². The summed E-state index contributed by atoms with van der Waals surface area (Å²) in [7, 11) is 2.78. The molecule has 1 aliphatic rings. The van der Waals surface area contributed by atoms with Crippen molar-refractivity contribution in [3.05, 3.63) is 12.3 Å². The van der Waals surface area contributed by atoms with Crippen LogP contribution in [0, 0.1) is 0 Å². The van der Waals surface area contributed by atoms with E-state index in [0.717, 1.165) is 4.90 Å². The third kappa shape index (κ3) is 1.30. The zero-order chi connectivity index (χ0) is 9.35. The fourth-order valence-corrected chi connectivity index (χ4v) is 1.28. The van der Waals surface area contributed by atoms with Crippen LogP contribution in [0.5, 0.6) is 0 Å². The molecule has 5 nitrogen and oxygen atoms in total. The Labute approximate surface area is 71.0 Å². The Morgan fingerprint density at radius 2 is 2.33 bits per heavy atom. The van der Waals surface area contributed by atoms with E-state index in [1.54, 1.807) is 0 Å². The van der Waals surface area contributed by atoms with Crippen molar-refractivity contribution in [2.24, 2.45) is 0 Å². The molecule has 0 fully saturated rings. The van der Waals surface area contributed by atoms with E-state index in [1.807, 2.05) is 0 Å². The average molecular weight is 196 g/mol. The van der Waals surface area contributed by atoms with E-state index >= 15 is 0 Å². The van der Waals surface area contributed by atoms with Crippen LogP contribution in [-0.4, -0.2) is 33.0 Å². The summed E-state index contributed by atoms with van der Waals surface area (Å²) in [6.07, 6.45) is 0.607. The normalized spacial score (nSPS) is 30.9. The van der Waals surface area contributed by atoms with Gasteiger partial charge in [-0.3, -0.25) is 4.21 Å². The molecule has 0 aromatic heterocycles. The van der Waals surface area contributed by atoms with Gasteiger partial charge in [-0.2, -0.15) is 4.39 Å². The first-order chi connectivity index (χ1) is 5.49. The lowest BCUT2D eigenvalue weighted by molar-refractivity contribution is -0.175. The Bertz CT molecular complexity index is 244. The minimum Gasteiger partial charge on any atom is -0.765 e. The second-order valence-corrected chi connectivity index (χ2v) is 3.28. The molecule has 1 rings (SSSR count). The van der Waals surface area contributed by atoms with Gasteiger partial charge < -0.3 is 14.0 Å². The maximum atomic E-state index is 12.4. The summed E-state index contributed by atoms with van der Waals surface area (Å²) >= 11 is -2.71. The van der Waals surface area contributed by atoms with Gasteiger partial charge in [0.2, 0.25) is 0 Å². The lowest BCUT2D eigenvalue weighted by atomic mass is 10.8. The summed E-state index contributed by atoms with van der Waals surface area (Å²) in [4.78, 5) is 1.10. The molecule has 0 aromatic rings. The van der Waals surface area contributed by atoms with Crippen LogP contribution in [0.15, 0.2) is 12.3 Å². The summed E-state index contributed by atoms with van der Waals surface area (Å²) in [5, 5.41) is -2.05. The Balaban J connectivity index is 2.86. The van der Waals surface area contributed by atoms with Gasteiger partial charge in [0.15, 0.2) is 6.26 Å². The van der Waals surface area contributed by atoms with Crippen molar-refractivity contribution in [2.75, 3.05) is 14.1 Å². The van der Waals surface area contributed by atoms with Crippen molar-refractivity contribution in [3.63, 3.8) is 0 Å². The Morgan fingerprint density at radius 3 is 2.50 bits per heavy atom. The van der Waals surface area contributed by atoms with Crippen molar-refractivity contribution in [1.82, 2.24) is 4.90 Å². The van der Waals surface area contributed by atoms with Gasteiger partial charge >= 0.3 is 11.3 Å². The SMILES string of the molecule is CN(C)C1(S(=O)[O-])OC=C(F)O1. The molecule has 7 heteroatoms. The quantitative estimate of drug-likeness (QED) is 0.575. The van der Waals surface area contributed by atoms with E-state index < -0.39 is 22.3 Å². The molecule has 1 aliphatic heterocycles. The zero-order valence-electron chi connectivity index (χ0n) is 6.44. The van der Waals surface area contributed by atoms with E-state index in [1.165, 1.54) is 14.1 Å². The summed E-state index contributed by atoms with van der Waals surface area (Å²) in [5.74, 6) is 0. The lowest BCUT2D eigenvalue weighted by Crippen LogP contribution is -2.49. The Hall–Kier alpha value is -0.660. The number of nitrogens with zero attached hydrogens (tertiary/aromatic N) is 1. The van der Waals surface area contributed by atoms with Crippen LogP contribution in [0.4, 0.5) is 4.39 Å². The molecule has 0 spiro atoms. The molecular weight excluding hydrogens is 189 g/mol. The van der Waals surface area contributed by atoms with E-state index in [0.29, 0.717) is 6.26 Å². The third-order valence-corrected chi connectivity index (χ3v) is 2.25.